The molecule has 0 bridgehead atoms. The number of hydrogen-bond donors (Lipinski definition) is 2. The fraction of sp³-hybridized carbons (Fsp3) is 0.708. The van der Waals surface area contributed by atoms with E-state index in [0.717, 1.165) is 74.1 Å². The van der Waals surface area contributed by atoms with E-state index < -0.39 is 99.8 Å². The van der Waals surface area contributed by atoms with Crippen molar-refractivity contribution in [2.45, 2.75) is 442 Å². The topological polar surface area (TPSA) is 237 Å². The molecule has 3 aromatic rings. The number of esters is 2. The van der Waals surface area contributed by atoms with Crippen LogP contribution in [0.25, 0.3) is 18.2 Å². The van der Waals surface area contributed by atoms with Crippen LogP contribution in [0.15, 0.2) is 104 Å². The van der Waals surface area contributed by atoms with Crippen LogP contribution in [-0.4, -0.2) is 145 Å². The minimum absolute atomic E-state index is 0.00589. The lowest BCUT2D eigenvalue weighted by Crippen LogP contribution is -2.54. The zero-order chi connectivity index (χ0) is 107. The third-order valence-electron chi connectivity index (χ3n) is 30.8. The Morgan fingerprint density at radius 3 is 1.33 bits per heavy atom. The number of carbonyl (C=O) groups excluding carboxylic acids is 5. The van der Waals surface area contributed by atoms with Crippen LogP contribution in [0.4, 0.5) is 0 Å². The summed E-state index contributed by atoms with van der Waals surface area (Å²) in [4.78, 5) is 95.0. The molecule has 0 aliphatic carbocycles. The number of Topliss-reactive ketones (excluding diaryl/α,β-unsaturated/α-hetero) is 3. The number of aliphatic hydroxyl groups excluding tert-OH is 1. The maximum absolute atomic E-state index is 14.9. The van der Waals surface area contributed by atoms with Crippen LogP contribution in [0.1, 0.15) is 318 Å². The maximum atomic E-state index is 14.9. The number of aromatic nitrogens is 3. The molecule has 4 rings (SSSR count). The van der Waals surface area contributed by atoms with Crippen molar-refractivity contribution in [1.29, 1.82) is 0 Å². The van der Waals surface area contributed by atoms with Crippen LogP contribution < -0.4 is 0 Å². The summed E-state index contributed by atoms with van der Waals surface area (Å²) < 4.78 is 39.7. The number of aryl methyl sites for hydroxylation is 3. The first kappa shape index (κ1) is 129. The lowest BCUT2D eigenvalue weighted by atomic mass is 9.68. The number of aliphatic carboxylic acids is 1. The van der Waals surface area contributed by atoms with Gasteiger partial charge in [0.25, 0.3) is 0 Å². The first-order chi connectivity index (χ1) is 62.6. The number of ketones is 3. The fourth-order valence-corrected chi connectivity index (χ4v) is 23.5. The molecular formula is C113H195N3O14S3Si5. The Bertz CT molecular complexity index is 4700. The second-order valence-electron chi connectivity index (χ2n) is 49.6. The van der Waals surface area contributed by atoms with Crippen molar-refractivity contribution in [3.63, 3.8) is 0 Å². The Morgan fingerprint density at radius 1 is 0.558 bits per heavy atom. The van der Waals surface area contributed by atoms with Gasteiger partial charge in [0, 0.05) is 71.1 Å². The summed E-state index contributed by atoms with van der Waals surface area (Å²) in [5, 5.41) is 29.5. The van der Waals surface area contributed by atoms with Gasteiger partial charge < -0.3 is 37.4 Å². The Labute approximate surface area is 858 Å². The predicted molar refractivity (Wildman–Crippen MR) is 602 cm³/mol. The standard InChI is InChI=1S/C45H83NO5SSi3.C39H69NO6SSi2.C29H43NO3S/c1-32(25-26-33(2)35(4)29-38-31-52-37(6)46-38)23-22-24-34(3)41(51-55(20,21)44(10,11)12)36(5)42(48)45(13,14)39(50-54(18,19)43(7,8)9)30-40(47)49-27-28-53(15,16)17;1-26(21-22-32(41)28(3)23-31-25-47-30(5)40-31)19-18-20-27(2)35(46-49(16,17)38(9,10)11)29(4)36(44)39(12,13)33(24-34(42)43)45-48(14,15)37(6,7)8;1-18-11-10-12-19(2)22(5)23(6)28(32)29(8,9)21(4)16-27(31)33-26(14-13-18)20(3)15-25-17-34-24(7)30-25/h22,24-25,29,31,33-34,36,39,41H,23,26-28,30H2,1-21H3;18,20-21,23,25,27,29,32-33,35,41H,19,22,24H2,1-17H3,(H,42,43);10,12-13,15,17,19,21-23,26H,11,14,16H2,1-9H3/b24-22+,32-25+,35-29+;20-18+,26-21+,28-23+;12-10+,18-13+,20-15+/t33-,34-,36+,39+,41+;27-,29+,32-,33+,35+;19-,21-,22-,23+,26-/m000/s1. The molecule has 0 radical (unpaired) electrons. The van der Waals surface area contributed by atoms with Gasteiger partial charge in [-0.2, -0.15) is 0 Å². The summed E-state index contributed by atoms with van der Waals surface area (Å²) in [6.07, 6.45) is 27.5. The largest absolute Gasteiger partial charge is 0.481 e. The molecule has 0 amide bonds. The van der Waals surface area contributed by atoms with Gasteiger partial charge in [0.1, 0.15) is 23.5 Å². The minimum atomic E-state index is -2.38. The summed E-state index contributed by atoms with van der Waals surface area (Å²) in [7, 11) is -10.7. The SMILES string of the molecule is C/C(=C\C[C@H](C)/C(C)=C/c1csc(C)n1)C/C=C/[C@H](C)[C@@H](O[Si](C)(C)C(C)(C)C)[C@@H](C)C(=O)C(C)(C)[C@@H](CC(=O)OCC[Si](C)(C)C)O[Si](C)(C)C(C)(C)C.C/C(=C\C[C@H](O)/C(C)=C/c1csc(C)n1)C/C=C/[C@H](C)[C@@H](O[Si](C)(C)C(C)(C)C)[C@@H](C)C(=O)C(C)(C)[C@@H](CC(=O)O)O[Si](C)(C)C(C)(C)C.C/C1=C\C[C@@H](/C(C)=C/c2csc(C)n2)OC(=O)C[C@H](C)C(C)(C)C(=O)[C@H](C)[C@@H](C)[C@@H](C)/C=C/C1. The predicted octanol–water partition coefficient (Wildman–Crippen LogP) is 31.9. The zero-order valence-corrected chi connectivity index (χ0v) is 103. The monoisotopic (exact) mass is 2050 g/mol. The van der Waals surface area contributed by atoms with Crippen molar-refractivity contribution in [2.75, 3.05) is 6.61 Å². The molecule has 2 N–H and O–H groups in total. The highest BCUT2D eigenvalue weighted by molar-refractivity contribution is 7.10. The Kier molecular flexibility index (Phi) is 50.8. The Balaban J connectivity index is 0.000000718. The normalized spacial score (nSPS) is 21.1. The smallest absolute Gasteiger partial charge is 0.308 e. The van der Waals surface area contributed by atoms with Gasteiger partial charge in [-0.1, -0.05) is 284 Å². The highest BCUT2D eigenvalue weighted by Crippen LogP contribution is 2.48. The lowest BCUT2D eigenvalue weighted by molar-refractivity contribution is -0.151. The van der Waals surface area contributed by atoms with Gasteiger partial charge >= 0.3 is 17.9 Å². The summed E-state index contributed by atoms with van der Waals surface area (Å²) in [5.74, 6) is -1.53. The third-order valence-corrected chi connectivity index (χ3v) is 52.8. The van der Waals surface area contributed by atoms with Gasteiger partial charge in [-0.05, 0) is 238 Å². The van der Waals surface area contributed by atoms with Crippen LogP contribution in [0, 0.1) is 90.3 Å². The van der Waals surface area contributed by atoms with Crippen molar-refractivity contribution >= 4 is 129 Å². The van der Waals surface area contributed by atoms with Gasteiger partial charge in [-0.3, -0.25) is 28.8 Å². The van der Waals surface area contributed by atoms with Crippen LogP contribution in [0.3, 0.4) is 0 Å². The molecule has 138 heavy (non-hydrogen) atoms. The molecule has 0 aromatic carbocycles. The quantitative estimate of drug-likeness (QED) is 0.0305. The first-order valence-corrected chi connectivity index (χ1v) is 68.9. The number of allylic oxidation sites excluding steroid dienone is 9. The van der Waals surface area contributed by atoms with Gasteiger partial charge in [-0.25, -0.2) is 15.0 Å². The third kappa shape index (κ3) is 41.8. The molecule has 784 valence electrons. The Hall–Kier alpha value is -5.15. The molecule has 1 aliphatic heterocycles. The molecule has 0 saturated carbocycles. The highest BCUT2D eigenvalue weighted by Gasteiger charge is 2.53. The van der Waals surface area contributed by atoms with Gasteiger partial charge in [0.15, 0.2) is 33.3 Å². The van der Waals surface area contributed by atoms with E-state index in [1.54, 1.807) is 34.0 Å². The van der Waals surface area contributed by atoms with E-state index in [0.29, 0.717) is 37.7 Å². The number of nitrogens with zero attached hydrogens (tertiary/aromatic N) is 3. The number of hydrogen-bond acceptors (Lipinski definition) is 19. The molecule has 15 atom stereocenters. The van der Waals surface area contributed by atoms with Crippen molar-refractivity contribution in [3.8, 4) is 0 Å². The number of rotatable bonds is 41. The lowest BCUT2D eigenvalue weighted by Gasteiger charge is -2.46. The van der Waals surface area contributed by atoms with E-state index in [2.05, 4.69) is 299 Å². The van der Waals surface area contributed by atoms with E-state index in [9.17, 15) is 39.0 Å². The minimum Gasteiger partial charge on any atom is -0.481 e. The molecule has 4 heterocycles. The van der Waals surface area contributed by atoms with E-state index in [-0.39, 0.29) is 111 Å². The average Bonchev–Trinajstić information content (AvgIpc) is 0.952. The molecule has 0 saturated heterocycles. The molecule has 3 aromatic heterocycles. The molecule has 17 nitrogen and oxygen atoms in total. The van der Waals surface area contributed by atoms with E-state index >= 15 is 0 Å². The number of carboxylic acids is 1. The average molecular weight is 2060 g/mol. The summed E-state index contributed by atoms with van der Waals surface area (Å²) in [6.45, 7) is 99.9. The van der Waals surface area contributed by atoms with Crippen molar-refractivity contribution < 1.29 is 66.2 Å². The second-order valence-corrected chi connectivity index (χ2v) is 77.4. The van der Waals surface area contributed by atoms with Crippen LogP contribution >= 0.6 is 34.0 Å². The number of aliphatic hydroxyl groups is 1. The van der Waals surface area contributed by atoms with E-state index in [1.807, 2.05) is 127 Å². The van der Waals surface area contributed by atoms with Crippen LogP contribution in [-0.2, 0) is 55.9 Å². The van der Waals surface area contributed by atoms with Gasteiger partial charge in [-0.15, -0.1) is 34.0 Å². The summed E-state index contributed by atoms with van der Waals surface area (Å²) in [6, 6.07) is 0.906. The second kappa shape index (κ2) is 54.3. The number of cyclic esters (lactones) is 1. The van der Waals surface area contributed by atoms with Crippen molar-refractivity contribution in [1.82, 2.24) is 15.0 Å². The molecule has 0 unspecified atom stereocenters. The molecule has 0 spiro atoms. The van der Waals surface area contributed by atoms with Crippen molar-refractivity contribution in [2.24, 2.45) is 69.5 Å². The number of ether oxygens (including phenoxy) is 2. The summed E-state index contributed by atoms with van der Waals surface area (Å²) in [5.41, 5.74) is 7.10. The molecular weight excluding hydrogens is 1860 g/mol. The van der Waals surface area contributed by atoms with Gasteiger partial charge in [0.05, 0.1) is 82.1 Å². The van der Waals surface area contributed by atoms with Crippen molar-refractivity contribution in [3.05, 3.63) is 136 Å². The molecule has 25 heteroatoms. The fourth-order valence-electron chi connectivity index (χ4n) is 15.3. The number of carboxylic acid groups (broad SMARTS) is 1. The van der Waals surface area contributed by atoms with Gasteiger partial charge in [0.2, 0.25) is 0 Å². The van der Waals surface area contributed by atoms with E-state index in [4.69, 9.17) is 27.2 Å². The number of thiazole rings is 3. The maximum Gasteiger partial charge on any atom is 0.308 e. The number of carbonyl (C=O) groups is 6. The van der Waals surface area contributed by atoms with Crippen LogP contribution in [0.2, 0.25) is 98.2 Å². The van der Waals surface area contributed by atoms with E-state index in [1.165, 1.54) is 16.7 Å². The molecule has 0 fully saturated rings. The summed E-state index contributed by atoms with van der Waals surface area (Å²) >= 11 is 4.89. The Morgan fingerprint density at radius 2 is 0.942 bits per heavy atom. The highest BCUT2D eigenvalue weighted by atomic mass is 32.1. The first-order valence-electron chi connectivity index (χ1n) is 50.9. The zero-order valence-electron chi connectivity index (χ0n) is 95.5. The molecule has 1 aliphatic rings. The van der Waals surface area contributed by atoms with Crippen LogP contribution in [0.5, 0.6) is 0 Å².